The first-order valence-electron chi connectivity index (χ1n) is 7.80. The zero-order valence-corrected chi connectivity index (χ0v) is 13.1. The number of hydrogen-bond donors (Lipinski definition) is 2. The highest BCUT2D eigenvalue weighted by molar-refractivity contribution is 5.93. The van der Waals surface area contributed by atoms with E-state index in [0.717, 1.165) is 6.42 Å². The molecule has 1 amide bonds. The second kappa shape index (κ2) is 7.85. The van der Waals surface area contributed by atoms with Gasteiger partial charge in [-0.2, -0.15) is 0 Å². The van der Waals surface area contributed by atoms with Gasteiger partial charge in [-0.15, -0.1) is 0 Å². The summed E-state index contributed by atoms with van der Waals surface area (Å²) in [6.07, 6.45) is 3.06. The minimum atomic E-state index is -0.854. The van der Waals surface area contributed by atoms with E-state index in [0.29, 0.717) is 30.4 Å². The van der Waals surface area contributed by atoms with Crippen LogP contribution in [0.15, 0.2) is 42.7 Å². The normalized spacial score (nSPS) is 18.1. The van der Waals surface area contributed by atoms with Gasteiger partial charge in [-0.25, -0.2) is 4.98 Å². The average Bonchev–Trinajstić information content (AvgIpc) is 3.14. The van der Waals surface area contributed by atoms with Crippen molar-refractivity contribution in [1.29, 1.82) is 0 Å². The Balaban J connectivity index is 1.51. The van der Waals surface area contributed by atoms with E-state index < -0.39 is 6.10 Å². The maximum atomic E-state index is 12.1. The van der Waals surface area contributed by atoms with Crippen molar-refractivity contribution in [3.8, 4) is 5.88 Å². The number of amides is 1. The van der Waals surface area contributed by atoms with Crippen LogP contribution in [0.1, 0.15) is 28.6 Å². The third-order valence-electron chi connectivity index (χ3n) is 3.66. The van der Waals surface area contributed by atoms with Crippen molar-refractivity contribution in [3.63, 3.8) is 0 Å². The summed E-state index contributed by atoms with van der Waals surface area (Å²) in [4.78, 5) is 20.3. The molecule has 7 nitrogen and oxygen atoms in total. The summed E-state index contributed by atoms with van der Waals surface area (Å²) < 4.78 is 10.9. The number of carbonyl (C=O) groups excluding carboxylic acids is 1. The van der Waals surface area contributed by atoms with Crippen LogP contribution < -0.4 is 10.1 Å². The zero-order valence-electron chi connectivity index (χ0n) is 13.1. The fourth-order valence-electron chi connectivity index (χ4n) is 2.33. The maximum absolute atomic E-state index is 12.1. The van der Waals surface area contributed by atoms with E-state index >= 15 is 0 Å². The van der Waals surface area contributed by atoms with Crippen molar-refractivity contribution < 1.29 is 19.4 Å². The first-order chi connectivity index (χ1) is 11.7. The Labute approximate surface area is 139 Å². The van der Waals surface area contributed by atoms with Gasteiger partial charge in [-0.05, 0) is 18.2 Å². The van der Waals surface area contributed by atoms with Gasteiger partial charge in [0.15, 0.2) is 0 Å². The van der Waals surface area contributed by atoms with Gasteiger partial charge in [-0.1, -0.05) is 6.07 Å². The molecule has 7 heteroatoms. The fraction of sp³-hybridized carbons (Fsp3) is 0.353. The molecule has 1 saturated heterocycles. The van der Waals surface area contributed by atoms with Gasteiger partial charge in [-0.3, -0.25) is 9.78 Å². The van der Waals surface area contributed by atoms with Crippen molar-refractivity contribution in [2.75, 3.05) is 19.8 Å². The summed E-state index contributed by atoms with van der Waals surface area (Å²) in [7, 11) is 0. The van der Waals surface area contributed by atoms with Crippen LogP contribution in [0.4, 0.5) is 0 Å². The maximum Gasteiger partial charge on any atom is 0.252 e. The van der Waals surface area contributed by atoms with Crippen LogP contribution in [-0.4, -0.2) is 46.8 Å². The number of ether oxygens (including phenoxy) is 2. The molecule has 3 rings (SSSR count). The zero-order chi connectivity index (χ0) is 16.8. The largest absolute Gasteiger partial charge is 0.472 e. The number of carbonyl (C=O) groups is 1. The summed E-state index contributed by atoms with van der Waals surface area (Å²) in [5, 5.41) is 12.7. The van der Waals surface area contributed by atoms with Crippen LogP contribution >= 0.6 is 0 Å². The van der Waals surface area contributed by atoms with Crippen LogP contribution in [-0.2, 0) is 4.74 Å². The molecule has 0 saturated carbocycles. The minimum absolute atomic E-state index is 0.0192. The predicted molar refractivity (Wildman–Crippen MR) is 85.6 cm³/mol. The number of hydrogen-bond acceptors (Lipinski definition) is 6. The Hall–Kier alpha value is -2.51. The Morgan fingerprint density at radius 3 is 2.96 bits per heavy atom. The van der Waals surface area contributed by atoms with E-state index in [1.165, 1.54) is 6.20 Å². The second-order valence-electron chi connectivity index (χ2n) is 5.47. The smallest absolute Gasteiger partial charge is 0.252 e. The quantitative estimate of drug-likeness (QED) is 0.824. The number of aromatic nitrogens is 2. The molecule has 0 bridgehead atoms. The van der Waals surface area contributed by atoms with Gasteiger partial charge in [0.1, 0.15) is 12.2 Å². The van der Waals surface area contributed by atoms with Crippen LogP contribution in [0.25, 0.3) is 0 Å². The molecule has 0 spiro atoms. The summed E-state index contributed by atoms with van der Waals surface area (Å²) >= 11 is 0. The third kappa shape index (κ3) is 4.27. The molecule has 2 unspecified atom stereocenters. The van der Waals surface area contributed by atoms with E-state index in [1.807, 2.05) is 0 Å². The van der Waals surface area contributed by atoms with Crippen LogP contribution in [0, 0.1) is 0 Å². The number of aliphatic hydroxyl groups excluding tert-OH is 1. The van der Waals surface area contributed by atoms with Crippen LogP contribution in [0.3, 0.4) is 0 Å². The Kier molecular flexibility index (Phi) is 5.35. The SMILES string of the molecule is O=C(NCC(O)c1ccccn1)c1ccc(OC2CCOC2)nc1. The summed E-state index contributed by atoms with van der Waals surface area (Å²) in [6.45, 7) is 1.34. The second-order valence-corrected chi connectivity index (χ2v) is 5.47. The Bertz CT molecular complexity index is 657. The molecule has 1 fully saturated rings. The molecule has 2 atom stereocenters. The van der Waals surface area contributed by atoms with Crippen molar-refractivity contribution in [3.05, 3.63) is 54.0 Å². The van der Waals surface area contributed by atoms with E-state index in [4.69, 9.17) is 9.47 Å². The van der Waals surface area contributed by atoms with Crippen molar-refractivity contribution in [2.45, 2.75) is 18.6 Å². The molecular weight excluding hydrogens is 310 g/mol. The van der Waals surface area contributed by atoms with Crippen molar-refractivity contribution in [1.82, 2.24) is 15.3 Å². The molecule has 2 aromatic heterocycles. The van der Waals surface area contributed by atoms with Gasteiger partial charge in [0, 0.05) is 31.4 Å². The first kappa shape index (κ1) is 16.4. The van der Waals surface area contributed by atoms with Crippen LogP contribution in [0.5, 0.6) is 5.88 Å². The summed E-state index contributed by atoms with van der Waals surface area (Å²) in [5.74, 6) is 0.156. The standard InChI is InChI=1S/C17H19N3O4/c21-15(14-3-1-2-7-18-14)10-20-17(22)12-4-5-16(19-9-12)24-13-6-8-23-11-13/h1-5,7,9,13,15,21H,6,8,10-11H2,(H,20,22). The Morgan fingerprint density at radius 1 is 1.38 bits per heavy atom. The highest BCUT2D eigenvalue weighted by Gasteiger charge is 2.18. The lowest BCUT2D eigenvalue weighted by Crippen LogP contribution is -2.28. The van der Waals surface area contributed by atoms with Gasteiger partial charge in [0.25, 0.3) is 5.91 Å². The lowest BCUT2D eigenvalue weighted by Gasteiger charge is -2.12. The molecule has 0 aromatic carbocycles. The monoisotopic (exact) mass is 329 g/mol. The molecule has 2 N–H and O–H groups in total. The number of rotatable bonds is 6. The minimum Gasteiger partial charge on any atom is -0.472 e. The lowest BCUT2D eigenvalue weighted by molar-refractivity contribution is 0.0913. The van der Waals surface area contributed by atoms with Gasteiger partial charge >= 0.3 is 0 Å². The lowest BCUT2D eigenvalue weighted by atomic mass is 10.2. The molecule has 2 aromatic rings. The first-order valence-corrected chi connectivity index (χ1v) is 7.80. The van der Waals surface area contributed by atoms with E-state index in [9.17, 15) is 9.90 Å². The molecule has 0 aliphatic carbocycles. The molecule has 24 heavy (non-hydrogen) atoms. The molecule has 1 aliphatic heterocycles. The van der Waals surface area contributed by atoms with E-state index in [2.05, 4.69) is 15.3 Å². The van der Waals surface area contributed by atoms with E-state index in [-0.39, 0.29) is 18.6 Å². The highest BCUT2D eigenvalue weighted by atomic mass is 16.5. The van der Waals surface area contributed by atoms with Crippen molar-refractivity contribution in [2.24, 2.45) is 0 Å². The molecular formula is C17H19N3O4. The number of pyridine rings is 2. The fourth-order valence-corrected chi connectivity index (χ4v) is 2.33. The number of aliphatic hydroxyl groups is 1. The summed E-state index contributed by atoms with van der Waals surface area (Å²) in [5.41, 5.74) is 0.914. The topological polar surface area (TPSA) is 93.6 Å². The molecule has 126 valence electrons. The Morgan fingerprint density at radius 2 is 2.29 bits per heavy atom. The van der Waals surface area contributed by atoms with Gasteiger partial charge < -0.3 is 19.9 Å². The predicted octanol–water partition coefficient (Wildman–Crippen LogP) is 1.11. The van der Waals surface area contributed by atoms with Gasteiger partial charge in [0.05, 0.1) is 24.5 Å². The van der Waals surface area contributed by atoms with E-state index in [1.54, 1.807) is 36.5 Å². The van der Waals surface area contributed by atoms with Crippen LogP contribution in [0.2, 0.25) is 0 Å². The molecule has 1 aliphatic rings. The number of nitrogens with one attached hydrogen (secondary N) is 1. The molecule has 0 radical (unpaired) electrons. The molecule has 3 heterocycles. The van der Waals surface area contributed by atoms with Crippen molar-refractivity contribution >= 4 is 5.91 Å². The number of nitrogens with zero attached hydrogens (tertiary/aromatic N) is 2. The average molecular weight is 329 g/mol. The third-order valence-corrected chi connectivity index (χ3v) is 3.66. The van der Waals surface area contributed by atoms with Gasteiger partial charge in [0.2, 0.25) is 5.88 Å². The highest BCUT2D eigenvalue weighted by Crippen LogP contribution is 2.15. The summed E-state index contributed by atoms with van der Waals surface area (Å²) in [6, 6.07) is 8.55.